The molecule has 0 aliphatic heterocycles. The normalized spacial score (nSPS) is 11.9. The Labute approximate surface area is 154 Å². The van der Waals surface area contributed by atoms with E-state index in [1.54, 1.807) is 6.20 Å². The summed E-state index contributed by atoms with van der Waals surface area (Å²) >= 11 is 0. The van der Waals surface area contributed by atoms with E-state index >= 15 is 0 Å². The summed E-state index contributed by atoms with van der Waals surface area (Å²) in [5.74, 6) is -0.0733. The second kappa shape index (κ2) is 8.40. The fourth-order valence-electron chi connectivity index (χ4n) is 3.00. The topological polar surface area (TPSA) is 76.3 Å². The second-order valence-corrected chi connectivity index (χ2v) is 8.14. The van der Waals surface area contributed by atoms with Gasteiger partial charge in [-0.3, -0.25) is 4.98 Å². The second-order valence-electron chi connectivity index (χ2n) is 6.17. The quantitative estimate of drug-likeness (QED) is 0.662. The van der Waals surface area contributed by atoms with Gasteiger partial charge in [-0.15, -0.1) is 0 Å². The van der Waals surface area contributed by atoms with Gasteiger partial charge in [0.15, 0.2) is 0 Å². The maximum atomic E-state index is 13.0. The lowest BCUT2D eigenvalue weighted by Crippen LogP contribution is -2.37. The first kappa shape index (κ1) is 18.5. The van der Waals surface area contributed by atoms with Crippen LogP contribution in [0.2, 0.25) is 0 Å². The fraction of sp³-hybridized carbons (Fsp3) is 0.250. The molecule has 0 bridgehead atoms. The van der Waals surface area contributed by atoms with Crippen LogP contribution in [0.4, 0.5) is 0 Å². The van der Waals surface area contributed by atoms with Crippen LogP contribution in [-0.4, -0.2) is 37.3 Å². The van der Waals surface area contributed by atoms with Crippen LogP contribution in [-0.2, 0) is 22.2 Å². The molecule has 1 heterocycles. The summed E-state index contributed by atoms with van der Waals surface area (Å²) in [6, 6.07) is 19.3. The molecule has 0 atom stereocenters. The van der Waals surface area contributed by atoms with Crippen molar-refractivity contribution in [3.8, 4) is 0 Å². The van der Waals surface area contributed by atoms with Gasteiger partial charge in [0.2, 0.25) is 10.0 Å². The predicted octanol–water partition coefficient (Wildman–Crippen LogP) is 2.57. The lowest BCUT2D eigenvalue weighted by molar-refractivity contribution is 0.421. The molecule has 3 rings (SSSR count). The van der Waals surface area contributed by atoms with E-state index in [0.29, 0.717) is 31.6 Å². The molecule has 2 aromatic carbocycles. The van der Waals surface area contributed by atoms with Crippen LogP contribution in [0, 0.1) is 0 Å². The van der Waals surface area contributed by atoms with E-state index in [1.165, 1.54) is 4.31 Å². The third kappa shape index (κ3) is 4.46. The summed E-state index contributed by atoms with van der Waals surface area (Å²) in [6.07, 6.45) is 2.35. The molecule has 26 heavy (non-hydrogen) atoms. The maximum Gasteiger partial charge on any atom is 0.218 e. The maximum absolute atomic E-state index is 13.0. The first-order valence-electron chi connectivity index (χ1n) is 8.64. The number of aromatic nitrogens is 1. The molecule has 0 fully saturated rings. The van der Waals surface area contributed by atoms with Crippen molar-refractivity contribution in [1.29, 1.82) is 0 Å². The number of sulfonamides is 1. The molecule has 0 saturated heterocycles. The van der Waals surface area contributed by atoms with Crippen LogP contribution < -0.4 is 5.73 Å². The van der Waals surface area contributed by atoms with Crippen LogP contribution in [0.5, 0.6) is 0 Å². The Morgan fingerprint density at radius 3 is 2.46 bits per heavy atom. The molecule has 0 spiro atoms. The van der Waals surface area contributed by atoms with Gasteiger partial charge in [-0.1, -0.05) is 54.6 Å². The largest absolute Gasteiger partial charge is 0.329 e. The number of fused-ring (bicyclic) bond motifs is 1. The average Bonchev–Trinajstić information content (AvgIpc) is 2.66. The van der Waals surface area contributed by atoms with Crippen molar-refractivity contribution in [2.45, 2.75) is 12.2 Å². The zero-order valence-electron chi connectivity index (χ0n) is 14.6. The number of nitrogens with two attached hydrogens (primary N) is 1. The molecule has 0 saturated carbocycles. The third-order valence-corrected chi connectivity index (χ3v) is 6.15. The van der Waals surface area contributed by atoms with Crippen molar-refractivity contribution in [1.82, 2.24) is 9.29 Å². The van der Waals surface area contributed by atoms with Crippen LogP contribution in [0.1, 0.15) is 11.1 Å². The molecule has 0 amide bonds. The molecule has 2 N–H and O–H groups in total. The smallest absolute Gasteiger partial charge is 0.218 e. The summed E-state index contributed by atoms with van der Waals surface area (Å²) in [7, 11) is -3.49. The van der Waals surface area contributed by atoms with Crippen LogP contribution in [0.3, 0.4) is 0 Å². The highest BCUT2D eigenvalue weighted by atomic mass is 32.2. The van der Waals surface area contributed by atoms with Gasteiger partial charge in [0.25, 0.3) is 0 Å². The van der Waals surface area contributed by atoms with Gasteiger partial charge in [-0.25, -0.2) is 12.7 Å². The SMILES string of the molecule is NCCN(CCc1ccccc1)S(=O)(=O)Cc1cccc2cccnc12. The Balaban J connectivity index is 1.81. The van der Waals surface area contributed by atoms with Crippen molar-refractivity contribution >= 4 is 20.9 Å². The standard InChI is InChI=1S/C20H23N3O2S/c21-12-15-23(14-11-17-6-2-1-3-7-17)26(24,25)16-19-9-4-8-18-10-5-13-22-20(18)19/h1-10,13H,11-12,14-16,21H2. The van der Waals surface area contributed by atoms with Gasteiger partial charge in [0.05, 0.1) is 11.3 Å². The molecule has 0 unspecified atom stereocenters. The van der Waals surface area contributed by atoms with Crippen molar-refractivity contribution in [3.05, 3.63) is 78.0 Å². The Hall–Kier alpha value is -2.28. The van der Waals surface area contributed by atoms with Gasteiger partial charge in [-0.2, -0.15) is 0 Å². The minimum absolute atomic E-state index is 0.0733. The third-order valence-electron chi connectivity index (χ3n) is 4.32. The van der Waals surface area contributed by atoms with Crippen LogP contribution >= 0.6 is 0 Å². The van der Waals surface area contributed by atoms with E-state index in [2.05, 4.69) is 4.98 Å². The summed E-state index contributed by atoms with van der Waals surface area (Å²) in [5.41, 5.74) is 8.21. The summed E-state index contributed by atoms with van der Waals surface area (Å²) in [4.78, 5) is 4.36. The number of para-hydroxylation sites is 1. The first-order valence-corrected chi connectivity index (χ1v) is 10.3. The number of pyridine rings is 1. The van der Waals surface area contributed by atoms with Crippen molar-refractivity contribution in [3.63, 3.8) is 0 Å². The van der Waals surface area contributed by atoms with Crippen molar-refractivity contribution < 1.29 is 8.42 Å². The predicted molar refractivity (Wildman–Crippen MR) is 105 cm³/mol. The number of hydrogen-bond donors (Lipinski definition) is 1. The van der Waals surface area contributed by atoms with Gasteiger partial charge < -0.3 is 5.73 Å². The van der Waals surface area contributed by atoms with Crippen molar-refractivity contribution in [2.24, 2.45) is 5.73 Å². The minimum atomic E-state index is -3.49. The number of benzene rings is 2. The van der Waals surface area contributed by atoms with E-state index in [9.17, 15) is 8.42 Å². The first-order chi connectivity index (χ1) is 12.6. The summed E-state index contributed by atoms with van der Waals surface area (Å²) in [6.45, 7) is 1.02. The lowest BCUT2D eigenvalue weighted by Gasteiger charge is -2.22. The fourth-order valence-corrected chi connectivity index (χ4v) is 4.57. The molecule has 136 valence electrons. The highest BCUT2D eigenvalue weighted by Crippen LogP contribution is 2.20. The van der Waals surface area contributed by atoms with Gasteiger partial charge in [0, 0.05) is 31.2 Å². The zero-order chi connectivity index (χ0) is 18.4. The van der Waals surface area contributed by atoms with Crippen molar-refractivity contribution in [2.75, 3.05) is 19.6 Å². The Morgan fingerprint density at radius 1 is 0.923 bits per heavy atom. The highest BCUT2D eigenvalue weighted by Gasteiger charge is 2.23. The number of rotatable bonds is 8. The van der Waals surface area contributed by atoms with E-state index in [-0.39, 0.29) is 5.75 Å². The lowest BCUT2D eigenvalue weighted by atomic mass is 10.1. The molecular formula is C20H23N3O2S. The molecule has 0 radical (unpaired) electrons. The Bertz CT molecular complexity index is 954. The van der Waals surface area contributed by atoms with Crippen LogP contribution in [0.15, 0.2) is 66.9 Å². The molecule has 6 heteroatoms. The number of nitrogens with zero attached hydrogens (tertiary/aromatic N) is 2. The number of hydrogen-bond acceptors (Lipinski definition) is 4. The van der Waals surface area contributed by atoms with E-state index in [1.807, 2.05) is 60.7 Å². The van der Waals surface area contributed by atoms with Crippen LogP contribution in [0.25, 0.3) is 10.9 Å². The highest BCUT2D eigenvalue weighted by molar-refractivity contribution is 7.88. The molecule has 1 aromatic heterocycles. The van der Waals surface area contributed by atoms with E-state index in [0.717, 1.165) is 16.5 Å². The summed E-state index contributed by atoms with van der Waals surface area (Å²) in [5, 5.41) is 0.940. The average molecular weight is 369 g/mol. The zero-order valence-corrected chi connectivity index (χ0v) is 15.4. The minimum Gasteiger partial charge on any atom is -0.329 e. The summed E-state index contributed by atoms with van der Waals surface area (Å²) < 4.78 is 27.5. The molecule has 3 aromatic rings. The Kier molecular flexibility index (Phi) is 5.98. The molecule has 0 aliphatic rings. The molecule has 0 aliphatic carbocycles. The van der Waals surface area contributed by atoms with Gasteiger partial charge in [-0.05, 0) is 23.6 Å². The monoisotopic (exact) mass is 369 g/mol. The van der Waals surface area contributed by atoms with Gasteiger partial charge in [0.1, 0.15) is 0 Å². The molecular weight excluding hydrogens is 346 g/mol. The van der Waals surface area contributed by atoms with E-state index < -0.39 is 10.0 Å². The Morgan fingerprint density at radius 2 is 1.69 bits per heavy atom. The van der Waals surface area contributed by atoms with Gasteiger partial charge >= 0.3 is 0 Å². The van der Waals surface area contributed by atoms with E-state index in [4.69, 9.17) is 5.73 Å². The molecule has 5 nitrogen and oxygen atoms in total.